The summed E-state index contributed by atoms with van der Waals surface area (Å²) < 4.78 is 4.85. The molecule has 3 rings (SSSR count). The number of aromatic nitrogens is 1. The Morgan fingerprint density at radius 1 is 1.16 bits per heavy atom. The van der Waals surface area contributed by atoms with Gasteiger partial charge in [0.1, 0.15) is 11.0 Å². The van der Waals surface area contributed by atoms with Gasteiger partial charge in [-0.15, -0.1) is 11.3 Å². The van der Waals surface area contributed by atoms with Crippen molar-refractivity contribution < 1.29 is 14.3 Å². The minimum atomic E-state index is -0.590. The fraction of sp³-hybridized carbons (Fsp3) is 0.522. The maximum Gasteiger partial charge on any atom is 0.328 e. The number of piperazine rings is 1. The zero-order chi connectivity index (χ0) is 22.2. The highest BCUT2D eigenvalue weighted by Gasteiger charge is 2.28. The van der Waals surface area contributed by atoms with Gasteiger partial charge in [0.25, 0.3) is 0 Å². The quantitative estimate of drug-likeness (QED) is 0.600. The number of carbonyl (C=O) groups excluding carboxylic acids is 2. The summed E-state index contributed by atoms with van der Waals surface area (Å²) in [6, 6.07) is 9.64. The topological polar surface area (TPSA) is 74.8 Å². The number of methoxy groups -OCH3 is 1. The molecule has 31 heavy (non-hydrogen) atoms. The first-order valence-corrected chi connectivity index (χ1v) is 11.7. The number of hydrogen-bond acceptors (Lipinski definition) is 7. The van der Waals surface area contributed by atoms with Gasteiger partial charge >= 0.3 is 5.97 Å². The Bertz CT molecular complexity index is 850. The van der Waals surface area contributed by atoms with Crippen molar-refractivity contribution in [3.05, 3.63) is 41.4 Å². The average Bonchev–Trinajstić information content (AvgIpc) is 3.27. The molecule has 0 spiro atoms. The summed E-state index contributed by atoms with van der Waals surface area (Å²) in [4.78, 5) is 33.8. The molecule has 0 radical (unpaired) electrons. The molecule has 2 unspecified atom stereocenters. The van der Waals surface area contributed by atoms with Gasteiger partial charge in [-0.25, -0.2) is 9.78 Å². The highest BCUT2D eigenvalue weighted by Crippen LogP contribution is 2.24. The Balaban J connectivity index is 1.45. The van der Waals surface area contributed by atoms with Crippen LogP contribution < -0.4 is 5.32 Å². The summed E-state index contributed by atoms with van der Waals surface area (Å²) in [6.07, 6.45) is 0.793. The predicted octanol–water partition coefficient (Wildman–Crippen LogP) is 2.63. The lowest BCUT2D eigenvalue weighted by Gasteiger charge is -2.34. The van der Waals surface area contributed by atoms with Crippen molar-refractivity contribution in [3.63, 3.8) is 0 Å². The molecule has 1 N–H and O–H groups in total. The molecule has 8 heteroatoms. The highest BCUT2D eigenvalue weighted by atomic mass is 32.1. The van der Waals surface area contributed by atoms with E-state index in [1.54, 1.807) is 11.3 Å². The van der Waals surface area contributed by atoms with Crippen LogP contribution in [-0.4, -0.2) is 72.5 Å². The van der Waals surface area contributed by atoms with Crippen LogP contribution in [0.4, 0.5) is 0 Å². The molecule has 2 heterocycles. The molecule has 2 aromatic rings. The summed E-state index contributed by atoms with van der Waals surface area (Å²) in [5.41, 5.74) is 2.24. The van der Waals surface area contributed by atoms with Gasteiger partial charge in [0.05, 0.1) is 19.3 Å². The molecular weight excluding hydrogens is 412 g/mol. The van der Waals surface area contributed by atoms with E-state index in [0.29, 0.717) is 6.54 Å². The van der Waals surface area contributed by atoms with Crippen LogP contribution in [-0.2, 0) is 20.9 Å². The van der Waals surface area contributed by atoms with Crippen molar-refractivity contribution in [2.75, 3.05) is 39.8 Å². The van der Waals surface area contributed by atoms with Crippen molar-refractivity contribution in [1.29, 1.82) is 0 Å². The lowest BCUT2D eigenvalue weighted by atomic mass is 9.99. The van der Waals surface area contributed by atoms with E-state index in [1.165, 1.54) is 7.11 Å². The Kier molecular flexibility index (Phi) is 8.57. The van der Waals surface area contributed by atoms with Crippen LogP contribution in [0, 0.1) is 5.92 Å². The monoisotopic (exact) mass is 444 g/mol. The van der Waals surface area contributed by atoms with Crippen LogP contribution in [0.25, 0.3) is 10.6 Å². The molecule has 7 nitrogen and oxygen atoms in total. The van der Waals surface area contributed by atoms with Crippen LogP contribution in [0.2, 0.25) is 0 Å². The van der Waals surface area contributed by atoms with Crippen LogP contribution in [0.5, 0.6) is 0 Å². The standard InChI is InChI=1S/C23H32N4O3S/c1-4-17(2)21(23(29)30-3)25-20(28)15-27-12-10-26(11-13-27)14-19-16-31-22(24-19)18-8-6-5-7-9-18/h5-9,16-17,21H,4,10-15H2,1-3H3,(H,25,28). The van der Waals surface area contributed by atoms with Gasteiger partial charge in [0.15, 0.2) is 0 Å². The molecule has 168 valence electrons. The van der Waals surface area contributed by atoms with Gasteiger partial charge in [-0.05, 0) is 5.92 Å². The molecule has 1 aromatic carbocycles. The summed E-state index contributed by atoms with van der Waals surface area (Å²) in [7, 11) is 1.36. The van der Waals surface area contributed by atoms with Crippen molar-refractivity contribution >= 4 is 23.2 Å². The lowest BCUT2D eigenvalue weighted by Crippen LogP contribution is -2.52. The van der Waals surface area contributed by atoms with E-state index >= 15 is 0 Å². The number of ether oxygens (including phenoxy) is 1. The molecule has 1 saturated heterocycles. The Hall–Kier alpha value is -2.29. The number of benzene rings is 1. The Morgan fingerprint density at radius 2 is 1.84 bits per heavy atom. The van der Waals surface area contributed by atoms with Crippen LogP contribution in [0.1, 0.15) is 26.0 Å². The normalized spacial score (nSPS) is 17.1. The van der Waals surface area contributed by atoms with Gasteiger partial charge in [-0.1, -0.05) is 50.6 Å². The highest BCUT2D eigenvalue weighted by molar-refractivity contribution is 7.13. The van der Waals surface area contributed by atoms with Crippen molar-refractivity contribution in [1.82, 2.24) is 20.1 Å². The largest absolute Gasteiger partial charge is 0.467 e. The van der Waals surface area contributed by atoms with Gasteiger partial charge in [0.2, 0.25) is 5.91 Å². The fourth-order valence-electron chi connectivity index (χ4n) is 3.65. The van der Waals surface area contributed by atoms with Crippen molar-refractivity contribution in [3.8, 4) is 10.6 Å². The summed E-state index contributed by atoms with van der Waals surface area (Å²) in [5, 5.41) is 6.04. The first-order valence-electron chi connectivity index (χ1n) is 10.8. The van der Waals surface area contributed by atoms with Crippen LogP contribution >= 0.6 is 11.3 Å². The van der Waals surface area contributed by atoms with E-state index in [0.717, 1.165) is 55.4 Å². The number of amides is 1. The van der Waals surface area contributed by atoms with Gasteiger partial charge in [0, 0.05) is 43.7 Å². The van der Waals surface area contributed by atoms with E-state index in [-0.39, 0.29) is 17.8 Å². The molecule has 1 aliphatic rings. The second-order valence-electron chi connectivity index (χ2n) is 8.02. The molecule has 0 saturated carbocycles. The second kappa shape index (κ2) is 11.4. The van der Waals surface area contributed by atoms with Crippen molar-refractivity contribution in [2.45, 2.75) is 32.9 Å². The number of nitrogens with zero attached hydrogens (tertiary/aromatic N) is 3. The molecular formula is C23H32N4O3S. The van der Waals surface area contributed by atoms with Gasteiger partial charge < -0.3 is 10.1 Å². The first-order chi connectivity index (χ1) is 15.0. The lowest BCUT2D eigenvalue weighted by molar-refractivity contribution is -0.146. The number of esters is 1. The molecule has 0 aliphatic carbocycles. The number of carbonyl (C=O) groups is 2. The second-order valence-corrected chi connectivity index (χ2v) is 8.87. The minimum absolute atomic E-state index is 0.0344. The number of hydrogen-bond donors (Lipinski definition) is 1. The average molecular weight is 445 g/mol. The van der Waals surface area contributed by atoms with Gasteiger partial charge in [-0.3, -0.25) is 14.6 Å². The molecule has 2 atom stereocenters. The number of nitrogens with one attached hydrogen (secondary N) is 1. The molecule has 0 bridgehead atoms. The molecule has 1 amide bonds. The maximum absolute atomic E-state index is 12.5. The van der Waals surface area contributed by atoms with E-state index in [4.69, 9.17) is 9.72 Å². The maximum atomic E-state index is 12.5. The van der Waals surface area contributed by atoms with E-state index in [1.807, 2.05) is 32.0 Å². The zero-order valence-electron chi connectivity index (χ0n) is 18.5. The minimum Gasteiger partial charge on any atom is -0.467 e. The Morgan fingerprint density at radius 3 is 2.48 bits per heavy atom. The smallest absolute Gasteiger partial charge is 0.328 e. The fourth-order valence-corrected chi connectivity index (χ4v) is 4.46. The molecule has 1 aromatic heterocycles. The third-order valence-corrected chi connectivity index (χ3v) is 6.71. The van der Waals surface area contributed by atoms with E-state index in [2.05, 4.69) is 32.6 Å². The Labute approximate surface area is 188 Å². The van der Waals surface area contributed by atoms with Gasteiger partial charge in [-0.2, -0.15) is 0 Å². The van der Waals surface area contributed by atoms with Crippen LogP contribution in [0.15, 0.2) is 35.7 Å². The third-order valence-electron chi connectivity index (χ3n) is 5.77. The number of thiazole rings is 1. The van der Waals surface area contributed by atoms with Crippen LogP contribution in [0.3, 0.4) is 0 Å². The van der Waals surface area contributed by atoms with E-state index in [9.17, 15) is 9.59 Å². The zero-order valence-corrected chi connectivity index (χ0v) is 19.4. The SMILES string of the molecule is CCC(C)C(NC(=O)CN1CCN(Cc2csc(-c3ccccc3)n2)CC1)C(=O)OC. The first kappa shape index (κ1) is 23.4. The third kappa shape index (κ3) is 6.59. The molecule has 1 aliphatic heterocycles. The predicted molar refractivity (Wildman–Crippen MR) is 123 cm³/mol. The molecule has 1 fully saturated rings. The number of rotatable bonds is 9. The summed E-state index contributed by atoms with van der Waals surface area (Å²) in [6.45, 7) is 8.47. The van der Waals surface area contributed by atoms with E-state index < -0.39 is 6.04 Å². The summed E-state index contributed by atoms with van der Waals surface area (Å²) >= 11 is 1.68. The van der Waals surface area contributed by atoms with Crippen molar-refractivity contribution in [2.24, 2.45) is 5.92 Å². The summed E-state index contributed by atoms with van der Waals surface area (Å²) in [5.74, 6) is -0.478.